The lowest BCUT2D eigenvalue weighted by Crippen LogP contribution is -2.36. The van der Waals surface area contributed by atoms with Crippen molar-refractivity contribution in [2.75, 3.05) is 34.0 Å². The van der Waals surface area contributed by atoms with Gasteiger partial charge in [-0.15, -0.1) is 0 Å². The highest BCUT2D eigenvalue weighted by Crippen LogP contribution is 2.33. The zero-order chi connectivity index (χ0) is 9.68. The van der Waals surface area contributed by atoms with Crippen LogP contribution < -0.4 is 0 Å². The Labute approximate surface area is 80.8 Å². The van der Waals surface area contributed by atoms with Crippen molar-refractivity contribution in [2.24, 2.45) is 16.8 Å². The predicted octanol–water partition coefficient (Wildman–Crippen LogP) is 1.25. The summed E-state index contributed by atoms with van der Waals surface area (Å²) < 4.78 is 5.10. The maximum absolute atomic E-state index is 5.10. The third-order valence-corrected chi connectivity index (χ3v) is 2.65. The van der Waals surface area contributed by atoms with Gasteiger partial charge in [-0.05, 0) is 38.4 Å². The van der Waals surface area contributed by atoms with E-state index in [-0.39, 0.29) is 0 Å². The number of hydrogen-bond acceptors (Lipinski definition) is 3. The summed E-state index contributed by atoms with van der Waals surface area (Å²) in [4.78, 5) is 6.08. The molecule has 0 radical (unpaired) electrons. The number of methoxy groups -OCH3 is 1. The fraction of sp³-hybridized carbons (Fsp3) is 0.900. The van der Waals surface area contributed by atoms with E-state index in [1.54, 1.807) is 7.11 Å². The fourth-order valence-corrected chi connectivity index (χ4v) is 2.06. The van der Waals surface area contributed by atoms with Crippen LogP contribution in [0.1, 0.15) is 12.8 Å². The highest BCUT2D eigenvalue weighted by molar-refractivity contribution is 5.22. The SMILES string of the molecule is C=NCN(C)CC1CC(COC)C1. The normalized spacial score (nSPS) is 27.3. The standard InChI is InChI=1S/C10H20N2O/c1-11-8-12(2)6-9-4-10(5-9)7-13-3/h9-10H,1,4-8H2,2-3H3. The summed E-state index contributed by atoms with van der Waals surface area (Å²) >= 11 is 0. The molecule has 0 heterocycles. The monoisotopic (exact) mass is 184 g/mol. The molecule has 0 amide bonds. The van der Waals surface area contributed by atoms with Crippen molar-refractivity contribution in [3.8, 4) is 0 Å². The van der Waals surface area contributed by atoms with E-state index in [1.807, 2.05) is 0 Å². The molecule has 0 aromatic carbocycles. The van der Waals surface area contributed by atoms with Crippen molar-refractivity contribution in [1.82, 2.24) is 4.90 Å². The van der Waals surface area contributed by atoms with Crippen LogP contribution in [-0.2, 0) is 4.74 Å². The van der Waals surface area contributed by atoms with Crippen molar-refractivity contribution < 1.29 is 4.74 Å². The highest BCUT2D eigenvalue weighted by atomic mass is 16.5. The highest BCUT2D eigenvalue weighted by Gasteiger charge is 2.29. The summed E-state index contributed by atoms with van der Waals surface area (Å²) in [5.74, 6) is 1.66. The van der Waals surface area contributed by atoms with Gasteiger partial charge in [0.15, 0.2) is 0 Å². The van der Waals surface area contributed by atoms with Crippen LogP contribution in [0.2, 0.25) is 0 Å². The molecule has 76 valence electrons. The molecule has 0 saturated heterocycles. The molecule has 1 fully saturated rings. The second-order valence-electron chi connectivity index (χ2n) is 4.06. The molecule has 1 rings (SSSR count). The van der Waals surface area contributed by atoms with Crippen LogP contribution in [0.4, 0.5) is 0 Å². The molecule has 3 heteroatoms. The molecule has 0 N–H and O–H groups in total. The van der Waals surface area contributed by atoms with Gasteiger partial charge >= 0.3 is 0 Å². The van der Waals surface area contributed by atoms with Crippen molar-refractivity contribution in [3.63, 3.8) is 0 Å². The molecule has 0 aliphatic heterocycles. The Hall–Kier alpha value is -0.410. The molecule has 0 aromatic heterocycles. The van der Waals surface area contributed by atoms with Crippen molar-refractivity contribution >= 4 is 6.72 Å². The van der Waals surface area contributed by atoms with E-state index in [9.17, 15) is 0 Å². The van der Waals surface area contributed by atoms with Crippen LogP contribution in [0.5, 0.6) is 0 Å². The summed E-state index contributed by atoms with van der Waals surface area (Å²) in [6.07, 6.45) is 2.63. The van der Waals surface area contributed by atoms with Gasteiger partial charge in [-0.3, -0.25) is 9.89 Å². The molecule has 0 aromatic rings. The lowest BCUT2D eigenvalue weighted by Gasteiger charge is -2.36. The van der Waals surface area contributed by atoms with Gasteiger partial charge < -0.3 is 4.74 Å². The second kappa shape index (κ2) is 5.35. The first-order valence-corrected chi connectivity index (χ1v) is 4.86. The Morgan fingerprint density at radius 1 is 1.46 bits per heavy atom. The van der Waals surface area contributed by atoms with E-state index < -0.39 is 0 Å². The minimum atomic E-state index is 0.755. The first kappa shape index (κ1) is 10.7. The topological polar surface area (TPSA) is 24.8 Å². The minimum Gasteiger partial charge on any atom is -0.384 e. The first-order valence-electron chi connectivity index (χ1n) is 4.86. The Morgan fingerprint density at radius 3 is 2.69 bits per heavy atom. The Kier molecular flexibility index (Phi) is 4.39. The molecule has 1 aliphatic carbocycles. The molecular weight excluding hydrogens is 164 g/mol. The molecule has 0 unspecified atom stereocenters. The number of ether oxygens (including phenoxy) is 1. The van der Waals surface area contributed by atoms with Crippen LogP contribution in [0.25, 0.3) is 0 Å². The van der Waals surface area contributed by atoms with Gasteiger partial charge in [0.2, 0.25) is 0 Å². The fourth-order valence-electron chi connectivity index (χ4n) is 2.06. The minimum absolute atomic E-state index is 0.755. The molecule has 13 heavy (non-hydrogen) atoms. The van der Waals surface area contributed by atoms with Gasteiger partial charge in [0.25, 0.3) is 0 Å². The molecule has 0 bridgehead atoms. The zero-order valence-electron chi connectivity index (χ0n) is 8.70. The second-order valence-corrected chi connectivity index (χ2v) is 4.06. The van der Waals surface area contributed by atoms with Crippen molar-refractivity contribution in [1.29, 1.82) is 0 Å². The third-order valence-electron chi connectivity index (χ3n) is 2.65. The van der Waals surface area contributed by atoms with Gasteiger partial charge in [-0.1, -0.05) is 0 Å². The Balaban J connectivity index is 2.03. The van der Waals surface area contributed by atoms with Crippen LogP contribution in [0, 0.1) is 11.8 Å². The van der Waals surface area contributed by atoms with E-state index in [2.05, 4.69) is 23.7 Å². The van der Waals surface area contributed by atoms with E-state index in [1.165, 1.54) is 12.8 Å². The summed E-state index contributed by atoms with van der Waals surface area (Å²) in [6, 6.07) is 0. The molecule has 0 atom stereocenters. The van der Waals surface area contributed by atoms with Gasteiger partial charge in [-0.2, -0.15) is 0 Å². The van der Waals surface area contributed by atoms with E-state index in [0.29, 0.717) is 0 Å². The summed E-state index contributed by atoms with van der Waals surface area (Å²) in [5, 5.41) is 0. The summed E-state index contributed by atoms with van der Waals surface area (Å²) in [6.45, 7) is 6.32. The molecular formula is C10H20N2O. The molecule has 3 nitrogen and oxygen atoms in total. The van der Waals surface area contributed by atoms with E-state index >= 15 is 0 Å². The largest absolute Gasteiger partial charge is 0.384 e. The quantitative estimate of drug-likeness (QED) is 0.580. The maximum Gasteiger partial charge on any atom is 0.0899 e. The molecule has 1 saturated carbocycles. The van der Waals surface area contributed by atoms with Gasteiger partial charge in [-0.25, -0.2) is 0 Å². The van der Waals surface area contributed by atoms with E-state index in [0.717, 1.165) is 31.7 Å². The lowest BCUT2D eigenvalue weighted by atomic mass is 9.75. The van der Waals surface area contributed by atoms with Crippen LogP contribution >= 0.6 is 0 Å². The van der Waals surface area contributed by atoms with E-state index in [4.69, 9.17) is 4.74 Å². The van der Waals surface area contributed by atoms with Crippen molar-refractivity contribution in [2.45, 2.75) is 12.8 Å². The number of hydrogen-bond donors (Lipinski definition) is 0. The smallest absolute Gasteiger partial charge is 0.0899 e. The molecule has 1 aliphatic rings. The van der Waals surface area contributed by atoms with Gasteiger partial charge in [0.1, 0.15) is 0 Å². The van der Waals surface area contributed by atoms with Crippen LogP contribution in [0.15, 0.2) is 4.99 Å². The average molecular weight is 184 g/mol. The Bertz CT molecular complexity index is 155. The molecule has 0 spiro atoms. The van der Waals surface area contributed by atoms with Crippen LogP contribution in [-0.4, -0.2) is 45.6 Å². The summed E-state index contributed by atoms with van der Waals surface area (Å²) in [5.41, 5.74) is 0. The number of aliphatic imine (C=N–C) groups is 1. The van der Waals surface area contributed by atoms with Crippen LogP contribution in [0.3, 0.4) is 0 Å². The van der Waals surface area contributed by atoms with Gasteiger partial charge in [0, 0.05) is 20.3 Å². The first-order chi connectivity index (χ1) is 6.26. The van der Waals surface area contributed by atoms with Crippen molar-refractivity contribution in [3.05, 3.63) is 0 Å². The Morgan fingerprint density at radius 2 is 2.15 bits per heavy atom. The predicted molar refractivity (Wildman–Crippen MR) is 55.1 cm³/mol. The third kappa shape index (κ3) is 3.44. The number of rotatable bonds is 6. The maximum atomic E-state index is 5.10. The summed E-state index contributed by atoms with van der Waals surface area (Å²) in [7, 11) is 3.87. The number of nitrogens with zero attached hydrogens (tertiary/aromatic N) is 2. The zero-order valence-corrected chi connectivity index (χ0v) is 8.70. The van der Waals surface area contributed by atoms with Gasteiger partial charge in [0.05, 0.1) is 6.67 Å². The average Bonchev–Trinajstić information content (AvgIpc) is 2.01. The lowest BCUT2D eigenvalue weighted by molar-refractivity contribution is 0.0593.